The summed E-state index contributed by atoms with van der Waals surface area (Å²) in [4.78, 5) is 11.6. The van der Waals surface area contributed by atoms with Crippen molar-refractivity contribution in [2.75, 3.05) is 5.32 Å². The van der Waals surface area contributed by atoms with Crippen LogP contribution in [0.3, 0.4) is 0 Å². The summed E-state index contributed by atoms with van der Waals surface area (Å²) in [7, 11) is -3.80. The molecule has 18 heavy (non-hydrogen) atoms. The Morgan fingerprint density at radius 3 is 2.56 bits per heavy atom. The average Bonchev–Trinajstić information content (AvgIpc) is 2.29. The van der Waals surface area contributed by atoms with Gasteiger partial charge in [-0.1, -0.05) is 13.0 Å². The van der Waals surface area contributed by atoms with Gasteiger partial charge in [-0.15, -0.1) is 0 Å². The van der Waals surface area contributed by atoms with E-state index in [1.54, 1.807) is 26.0 Å². The van der Waals surface area contributed by atoms with E-state index in [9.17, 15) is 13.2 Å². The lowest BCUT2D eigenvalue weighted by Gasteiger charge is -2.11. The van der Waals surface area contributed by atoms with Gasteiger partial charge in [0.05, 0.1) is 10.9 Å². The summed E-state index contributed by atoms with van der Waals surface area (Å²) in [5.74, 6) is -0.360. The highest BCUT2D eigenvalue weighted by Crippen LogP contribution is 2.19. The minimum atomic E-state index is -3.80. The molecule has 1 aromatic carbocycles. The summed E-state index contributed by atoms with van der Waals surface area (Å²) in [5, 5.41) is 7.63. The molecule has 0 aliphatic carbocycles. The Balaban J connectivity index is 3.04. The summed E-state index contributed by atoms with van der Waals surface area (Å²) in [5.41, 5.74) is 6.45. The van der Waals surface area contributed by atoms with Crippen LogP contribution in [0.2, 0.25) is 0 Å². The SMILES string of the molecule is CCC(N)C(=O)Nc1ccc(C)c(S(N)(=O)=O)c1. The van der Waals surface area contributed by atoms with Crippen molar-refractivity contribution in [3.63, 3.8) is 0 Å². The third-order valence-electron chi connectivity index (χ3n) is 2.54. The van der Waals surface area contributed by atoms with Crippen LogP contribution in [0.4, 0.5) is 5.69 Å². The van der Waals surface area contributed by atoms with Gasteiger partial charge >= 0.3 is 0 Å². The highest BCUT2D eigenvalue weighted by molar-refractivity contribution is 7.89. The van der Waals surface area contributed by atoms with Crippen molar-refractivity contribution >= 4 is 21.6 Å². The molecule has 1 rings (SSSR count). The second-order valence-electron chi connectivity index (χ2n) is 4.03. The zero-order valence-electron chi connectivity index (χ0n) is 10.3. The first kappa shape index (κ1) is 14.6. The molecule has 0 spiro atoms. The van der Waals surface area contributed by atoms with E-state index in [1.165, 1.54) is 6.07 Å². The van der Waals surface area contributed by atoms with Crippen molar-refractivity contribution in [1.29, 1.82) is 0 Å². The molecule has 0 heterocycles. The Bertz CT molecular complexity index is 555. The topological polar surface area (TPSA) is 115 Å². The van der Waals surface area contributed by atoms with Gasteiger partial charge in [0.1, 0.15) is 0 Å². The average molecular weight is 271 g/mol. The number of rotatable bonds is 4. The Hall–Kier alpha value is -1.44. The molecule has 1 amide bonds. The highest BCUT2D eigenvalue weighted by Gasteiger charge is 2.15. The van der Waals surface area contributed by atoms with E-state index in [2.05, 4.69) is 5.32 Å². The first-order valence-electron chi connectivity index (χ1n) is 5.45. The number of aryl methyl sites for hydroxylation is 1. The minimum absolute atomic E-state index is 0.00892. The summed E-state index contributed by atoms with van der Waals surface area (Å²) in [6.45, 7) is 3.41. The summed E-state index contributed by atoms with van der Waals surface area (Å²) in [6, 6.07) is 3.88. The molecule has 0 saturated carbocycles. The van der Waals surface area contributed by atoms with Crippen molar-refractivity contribution in [2.24, 2.45) is 10.9 Å². The molecule has 0 saturated heterocycles. The van der Waals surface area contributed by atoms with E-state index < -0.39 is 16.1 Å². The molecule has 1 unspecified atom stereocenters. The fourth-order valence-electron chi connectivity index (χ4n) is 1.40. The van der Waals surface area contributed by atoms with Crippen LogP contribution in [-0.4, -0.2) is 20.4 Å². The Morgan fingerprint density at radius 2 is 2.06 bits per heavy atom. The van der Waals surface area contributed by atoms with Gasteiger partial charge in [0, 0.05) is 5.69 Å². The molecular formula is C11H17N3O3S. The Kier molecular flexibility index (Phi) is 4.44. The fraction of sp³-hybridized carbons (Fsp3) is 0.364. The lowest BCUT2D eigenvalue weighted by Crippen LogP contribution is -2.34. The van der Waals surface area contributed by atoms with Crippen LogP contribution in [0.1, 0.15) is 18.9 Å². The molecule has 0 radical (unpaired) electrons. The van der Waals surface area contributed by atoms with Crippen molar-refractivity contribution < 1.29 is 13.2 Å². The van der Waals surface area contributed by atoms with Gasteiger partial charge in [-0.05, 0) is 31.0 Å². The van der Waals surface area contributed by atoms with Crippen molar-refractivity contribution in [2.45, 2.75) is 31.2 Å². The van der Waals surface area contributed by atoms with Crippen molar-refractivity contribution in [3.05, 3.63) is 23.8 Å². The molecule has 0 fully saturated rings. The molecule has 1 atom stereocenters. The number of primary sulfonamides is 1. The predicted molar refractivity (Wildman–Crippen MR) is 69.4 cm³/mol. The van der Waals surface area contributed by atoms with Crippen LogP contribution >= 0.6 is 0 Å². The monoisotopic (exact) mass is 271 g/mol. The maximum Gasteiger partial charge on any atom is 0.241 e. The van der Waals surface area contributed by atoms with E-state index in [4.69, 9.17) is 10.9 Å². The van der Waals surface area contributed by atoms with E-state index in [1.807, 2.05) is 0 Å². The van der Waals surface area contributed by atoms with Crippen LogP contribution in [0, 0.1) is 6.92 Å². The van der Waals surface area contributed by atoms with Crippen LogP contribution in [0.15, 0.2) is 23.1 Å². The third kappa shape index (κ3) is 3.52. The van der Waals surface area contributed by atoms with E-state index in [0.29, 0.717) is 17.7 Å². The minimum Gasteiger partial charge on any atom is -0.325 e. The second-order valence-corrected chi connectivity index (χ2v) is 5.56. The van der Waals surface area contributed by atoms with E-state index in [0.717, 1.165) is 0 Å². The number of nitrogens with two attached hydrogens (primary N) is 2. The van der Waals surface area contributed by atoms with Gasteiger partial charge in [-0.2, -0.15) is 0 Å². The lowest BCUT2D eigenvalue weighted by atomic mass is 10.2. The molecular weight excluding hydrogens is 254 g/mol. The molecule has 0 aliphatic heterocycles. The first-order valence-corrected chi connectivity index (χ1v) is 7.00. The van der Waals surface area contributed by atoms with Gasteiger partial charge in [-0.3, -0.25) is 4.79 Å². The van der Waals surface area contributed by atoms with Gasteiger partial charge in [0.15, 0.2) is 0 Å². The van der Waals surface area contributed by atoms with Gasteiger partial charge in [0.25, 0.3) is 0 Å². The summed E-state index contributed by atoms with van der Waals surface area (Å²) < 4.78 is 22.6. The number of carbonyl (C=O) groups is 1. The third-order valence-corrected chi connectivity index (χ3v) is 3.59. The zero-order chi connectivity index (χ0) is 13.9. The van der Waals surface area contributed by atoms with E-state index in [-0.39, 0.29) is 10.8 Å². The molecule has 1 aromatic rings. The number of hydrogen-bond donors (Lipinski definition) is 3. The molecule has 100 valence electrons. The normalized spacial score (nSPS) is 13.1. The van der Waals surface area contributed by atoms with Crippen LogP contribution < -0.4 is 16.2 Å². The number of hydrogen-bond acceptors (Lipinski definition) is 4. The Morgan fingerprint density at radius 1 is 1.44 bits per heavy atom. The standard InChI is InChI=1S/C11H17N3O3S/c1-3-9(12)11(15)14-8-5-4-7(2)10(6-8)18(13,16)17/h4-6,9H,3,12H2,1-2H3,(H,14,15)(H2,13,16,17). The molecule has 6 nitrogen and oxygen atoms in total. The van der Waals surface area contributed by atoms with Gasteiger partial charge in [-0.25, -0.2) is 13.6 Å². The number of anilines is 1. The van der Waals surface area contributed by atoms with Crippen LogP contribution in [-0.2, 0) is 14.8 Å². The van der Waals surface area contributed by atoms with Crippen LogP contribution in [0.5, 0.6) is 0 Å². The number of benzene rings is 1. The zero-order valence-corrected chi connectivity index (χ0v) is 11.1. The van der Waals surface area contributed by atoms with Crippen molar-refractivity contribution in [1.82, 2.24) is 0 Å². The summed E-state index contributed by atoms with van der Waals surface area (Å²) >= 11 is 0. The largest absolute Gasteiger partial charge is 0.325 e. The highest BCUT2D eigenvalue weighted by atomic mass is 32.2. The summed E-state index contributed by atoms with van der Waals surface area (Å²) in [6.07, 6.45) is 0.500. The van der Waals surface area contributed by atoms with Gasteiger partial charge < -0.3 is 11.1 Å². The smallest absolute Gasteiger partial charge is 0.241 e. The predicted octanol–water partition coefficient (Wildman–Crippen LogP) is 0.318. The van der Waals surface area contributed by atoms with Crippen LogP contribution in [0.25, 0.3) is 0 Å². The molecule has 0 aliphatic rings. The lowest BCUT2D eigenvalue weighted by molar-refractivity contribution is -0.117. The molecule has 5 N–H and O–H groups in total. The van der Waals surface area contributed by atoms with Gasteiger partial charge in [0.2, 0.25) is 15.9 Å². The number of carbonyl (C=O) groups excluding carboxylic acids is 1. The first-order chi connectivity index (χ1) is 8.25. The quantitative estimate of drug-likeness (QED) is 0.731. The van der Waals surface area contributed by atoms with Crippen molar-refractivity contribution in [3.8, 4) is 0 Å². The number of amides is 1. The molecule has 0 aromatic heterocycles. The molecule has 7 heteroatoms. The number of nitrogens with one attached hydrogen (secondary N) is 1. The molecule has 0 bridgehead atoms. The Labute approximate surface area is 106 Å². The van der Waals surface area contributed by atoms with E-state index >= 15 is 0 Å². The maximum absolute atomic E-state index is 11.6. The second kappa shape index (κ2) is 5.47. The number of sulfonamides is 1. The maximum atomic E-state index is 11.6. The fourth-order valence-corrected chi connectivity index (χ4v) is 2.21.